The van der Waals surface area contributed by atoms with E-state index in [1.54, 1.807) is 6.92 Å². The third-order valence-corrected chi connectivity index (χ3v) is 5.34. The molecule has 2 heterocycles. The molecule has 0 aromatic heterocycles. The summed E-state index contributed by atoms with van der Waals surface area (Å²) in [6.07, 6.45) is 1.60. The van der Waals surface area contributed by atoms with Gasteiger partial charge in [0.05, 0.1) is 0 Å². The van der Waals surface area contributed by atoms with Crippen LogP contribution >= 0.6 is 0 Å². The predicted octanol–water partition coefficient (Wildman–Crippen LogP) is 1.90. The van der Waals surface area contributed by atoms with Crippen LogP contribution in [-0.2, 0) is 9.59 Å². The molecule has 5 heteroatoms. The minimum absolute atomic E-state index is 0.0885. The Bertz CT molecular complexity index is 600. The van der Waals surface area contributed by atoms with Crippen molar-refractivity contribution in [3.63, 3.8) is 0 Å². The average Bonchev–Trinajstić information content (AvgIpc) is 2.62. The first kappa shape index (κ1) is 16.8. The van der Waals surface area contributed by atoms with Crippen LogP contribution in [0.15, 0.2) is 24.3 Å². The number of piperazine rings is 1. The van der Waals surface area contributed by atoms with Gasteiger partial charge in [-0.25, -0.2) is 0 Å². The van der Waals surface area contributed by atoms with E-state index in [4.69, 9.17) is 0 Å². The molecule has 2 saturated heterocycles. The molecule has 0 saturated carbocycles. The molecule has 1 aromatic rings. The summed E-state index contributed by atoms with van der Waals surface area (Å²) < 4.78 is 0. The fourth-order valence-corrected chi connectivity index (χ4v) is 3.79. The zero-order valence-corrected chi connectivity index (χ0v) is 14.7. The van der Waals surface area contributed by atoms with E-state index in [0.29, 0.717) is 0 Å². The zero-order chi connectivity index (χ0) is 17.1. The SMILES string of the molecule is CC(=O)N1CCC(C(=O)N2CCN(c3ccccc3C)CC2)CC1. The molecule has 3 rings (SSSR count). The molecule has 0 unspecified atom stereocenters. The Hall–Kier alpha value is -2.04. The minimum Gasteiger partial charge on any atom is -0.368 e. The van der Waals surface area contributed by atoms with E-state index in [0.717, 1.165) is 52.1 Å². The lowest BCUT2D eigenvalue weighted by Gasteiger charge is -2.39. The molecular formula is C19H27N3O2. The Balaban J connectivity index is 1.52. The van der Waals surface area contributed by atoms with Crippen molar-refractivity contribution in [1.29, 1.82) is 0 Å². The van der Waals surface area contributed by atoms with Crippen LogP contribution in [-0.4, -0.2) is 60.9 Å². The quantitative estimate of drug-likeness (QED) is 0.832. The van der Waals surface area contributed by atoms with E-state index < -0.39 is 0 Å². The average molecular weight is 329 g/mol. The third-order valence-electron chi connectivity index (χ3n) is 5.34. The summed E-state index contributed by atoms with van der Waals surface area (Å²) in [6.45, 7) is 8.54. The second kappa shape index (κ2) is 7.24. The topological polar surface area (TPSA) is 43.9 Å². The molecule has 2 amide bonds. The van der Waals surface area contributed by atoms with Gasteiger partial charge >= 0.3 is 0 Å². The van der Waals surface area contributed by atoms with Gasteiger partial charge in [0, 0.05) is 57.8 Å². The van der Waals surface area contributed by atoms with Crippen LogP contribution in [0, 0.1) is 12.8 Å². The lowest BCUT2D eigenvalue weighted by Crippen LogP contribution is -2.52. The second-order valence-corrected chi connectivity index (χ2v) is 6.88. The summed E-state index contributed by atoms with van der Waals surface area (Å²) in [5, 5.41) is 0. The second-order valence-electron chi connectivity index (χ2n) is 6.88. The number of hydrogen-bond acceptors (Lipinski definition) is 3. The number of anilines is 1. The van der Waals surface area contributed by atoms with Crippen molar-refractivity contribution >= 4 is 17.5 Å². The highest BCUT2D eigenvalue weighted by atomic mass is 16.2. The Morgan fingerprint density at radius 2 is 1.54 bits per heavy atom. The molecule has 0 aliphatic carbocycles. The van der Waals surface area contributed by atoms with Gasteiger partial charge in [0.25, 0.3) is 0 Å². The van der Waals surface area contributed by atoms with Gasteiger partial charge in [0.2, 0.25) is 11.8 Å². The number of likely N-dealkylation sites (tertiary alicyclic amines) is 1. The van der Waals surface area contributed by atoms with E-state index in [1.165, 1.54) is 11.3 Å². The van der Waals surface area contributed by atoms with Gasteiger partial charge in [0.1, 0.15) is 0 Å². The van der Waals surface area contributed by atoms with Crippen LogP contribution in [0.3, 0.4) is 0 Å². The molecule has 24 heavy (non-hydrogen) atoms. The first-order valence-corrected chi connectivity index (χ1v) is 8.91. The molecule has 2 fully saturated rings. The first-order chi connectivity index (χ1) is 11.6. The van der Waals surface area contributed by atoms with Gasteiger partial charge in [-0.2, -0.15) is 0 Å². The number of carbonyl (C=O) groups excluding carboxylic acids is 2. The summed E-state index contributed by atoms with van der Waals surface area (Å²) >= 11 is 0. The van der Waals surface area contributed by atoms with Gasteiger partial charge in [-0.1, -0.05) is 18.2 Å². The van der Waals surface area contributed by atoms with Crippen LogP contribution < -0.4 is 4.90 Å². The lowest BCUT2D eigenvalue weighted by atomic mass is 9.95. The zero-order valence-electron chi connectivity index (χ0n) is 14.7. The minimum atomic E-state index is 0.0885. The number of hydrogen-bond donors (Lipinski definition) is 0. The smallest absolute Gasteiger partial charge is 0.225 e. The number of benzene rings is 1. The maximum Gasteiger partial charge on any atom is 0.225 e. The highest BCUT2D eigenvalue weighted by Crippen LogP contribution is 2.23. The van der Waals surface area contributed by atoms with Gasteiger partial charge in [-0.05, 0) is 31.4 Å². The van der Waals surface area contributed by atoms with Crippen molar-refractivity contribution in [2.75, 3.05) is 44.2 Å². The Morgan fingerprint density at radius 1 is 0.917 bits per heavy atom. The molecule has 0 N–H and O–H groups in total. The number of para-hydroxylation sites is 1. The molecule has 0 atom stereocenters. The van der Waals surface area contributed by atoms with Gasteiger partial charge in [0.15, 0.2) is 0 Å². The van der Waals surface area contributed by atoms with Crippen LogP contribution in [0.25, 0.3) is 0 Å². The van der Waals surface area contributed by atoms with Gasteiger partial charge < -0.3 is 14.7 Å². The summed E-state index contributed by atoms with van der Waals surface area (Å²) in [5.41, 5.74) is 2.56. The lowest BCUT2D eigenvalue weighted by molar-refractivity contribution is -0.140. The Labute approximate surface area is 144 Å². The van der Waals surface area contributed by atoms with Crippen LogP contribution in [0.2, 0.25) is 0 Å². The number of amides is 2. The molecule has 0 bridgehead atoms. The van der Waals surface area contributed by atoms with Crippen molar-refractivity contribution in [1.82, 2.24) is 9.80 Å². The maximum absolute atomic E-state index is 12.7. The molecule has 5 nitrogen and oxygen atoms in total. The highest BCUT2D eigenvalue weighted by Gasteiger charge is 2.31. The first-order valence-electron chi connectivity index (χ1n) is 8.91. The number of piperidine rings is 1. The van der Waals surface area contributed by atoms with E-state index in [-0.39, 0.29) is 17.7 Å². The fourth-order valence-electron chi connectivity index (χ4n) is 3.79. The summed E-state index contributed by atoms with van der Waals surface area (Å²) in [4.78, 5) is 30.4. The number of carbonyl (C=O) groups is 2. The normalized spacial score (nSPS) is 19.5. The highest BCUT2D eigenvalue weighted by molar-refractivity contribution is 5.80. The molecule has 2 aliphatic heterocycles. The van der Waals surface area contributed by atoms with E-state index in [2.05, 4.69) is 36.1 Å². The van der Waals surface area contributed by atoms with E-state index in [1.807, 2.05) is 9.80 Å². The molecule has 1 aromatic carbocycles. The number of aryl methyl sites for hydroxylation is 1. The summed E-state index contributed by atoms with van der Waals surface area (Å²) in [7, 11) is 0. The maximum atomic E-state index is 12.7. The Morgan fingerprint density at radius 3 is 2.12 bits per heavy atom. The van der Waals surface area contributed by atoms with Crippen LogP contribution in [0.5, 0.6) is 0 Å². The van der Waals surface area contributed by atoms with Crippen LogP contribution in [0.1, 0.15) is 25.3 Å². The molecule has 2 aliphatic rings. The molecular weight excluding hydrogens is 302 g/mol. The molecule has 0 radical (unpaired) electrons. The van der Waals surface area contributed by atoms with Crippen LogP contribution in [0.4, 0.5) is 5.69 Å². The van der Waals surface area contributed by atoms with Crippen molar-refractivity contribution in [2.24, 2.45) is 5.92 Å². The standard InChI is InChI=1S/C19H27N3O2/c1-15-5-3-4-6-18(15)21-11-13-22(14-12-21)19(24)17-7-9-20(10-8-17)16(2)23/h3-6,17H,7-14H2,1-2H3. The number of nitrogens with zero attached hydrogens (tertiary/aromatic N) is 3. The summed E-state index contributed by atoms with van der Waals surface area (Å²) in [5.74, 6) is 0.487. The van der Waals surface area contributed by atoms with Crippen molar-refractivity contribution in [3.8, 4) is 0 Å². The summed E-state index contributed by atoms with van der Waals surface area (Å²) in [6, 6.07) is 8.43. The molecule has 0 spiro atoms. The molecule has 130 valence electrons. The fraction of sp³-hybridized carbons (Fsp3) is 0.579. The monoisotopic (exact) mass is 329 g/mol. The predicted molar refractivity (Wildman–Crippen MR) is 95.0 cm³/mol. The van der Waals surface area contributed by atoms with E-state index in [9.17, 15) is 9.59 Å². The van der Waals surface area contributed by atoms with Gasteiger partial charge in [-0.3, -0.25) is 9.59 Å². The Kier molecular flexibility index (Phi) is 5.07. The van der Waals surface area contributed by atoms with Crippen molar-refractivity contribution in [3.05, 3.63) is 29.8 Å². The van der Waals surface area contributed by atoms with E-state index >= 15 is 0 Å². The van der Waals surface area contributed by atoms with Gasteiger partial charge in [-0.15, -0.1) is 0 Å². The third kappa shape index (κ3) is 3.55. The van der Waals surface area contributed by atoms with Crippen molar-refractivity contribution in [2.45, 2.75) is 26.7 Å². The number of rotatable bonds is 2. The van der Waals surface area contributed by atoms with Crippen molar-refractivity contribution < 1.29 is 9.59 Å². The largest absolute Gasteiger partial charge is 0.368 e.